The van der Waals surface area contributed by atoms with Crippen molar-refractivity contribution in [3.05, 3.63) is 29.3 Å². The van der Waals surface area contributed by atoms with E-state index in [2.05, 4.69) is 10.6 Å². The molecule has 2 N–H and O–H groups in total. The van der Waals surface area contributed by atoms with Crippen LogP contribution < -0.4 is 10.6 Å². The number of carbonyl (C=O) groups excluding carboxylic acids is 2. The molecule has 0 radical (unpaired) electrons. The quantitative estimate of drug-likeness (QED) is 0.625. The number of anilines is 1. The van der Waals surface area contributed by atoms with Crippen LogP contribution in [0, 0.1) is 0 Å². The maximum absolute atomic E-state index is 12.6. The van der Waals surface area contributed by atoms with Gasteiger partial charge in [0.05, 0.1) is 19.1 Å². The highest BCUT2D eigenvalue weighted by atomic mass is 35.5. The van der Waals surface area contributed by atoms with Gasteiger partial charge in [-0.2, -0.15) is 0 Å². The highest BCUT2D eigenvalue weighted by Crippen LogP contribution is 2.39. The zero-order valence-corrected chi connectivity index (χ0v) is 18.1. The normalized spacial score (nSPS) is 27.9. The number of fused-ring (bicyclic) bond motifs is 1. The molecule has 2 aliphatic rings. The first kappa shape index (κ1) is 22.8. The van der Waals surface area contributed by atoms with Crippen LogP contribution in [0.3, 0.4) is 0 Å². The third-order valence-electron chi connectivity index (χ3n) is 4.81. The molecule has 0 aliphatic carbocycles. The van der Waals surface area contributed by atoms with Gasteiger partial charge in [-0.05, 0) is 45.0 Å². The lowest BCUT2D eigenvalue weighted by Crippen LogP contribution is -2.52. The molecule has 2 saturated heterocycles. The second kappa shape index (κ2) is 9.49. The number of nitrogens with one attached hydrogen (secondary N) is 2. The number of rotatable bonds is 7. The minimum atomic E-state index is -0.812. The van der Waals surface area contributed by atoms with Crippen LogP contribution in [0.25, 0.3) is 0 Å². The molecule has 2 fully saturated rings. The number of amides is 2. The van der Waals surface area contributed by atoms with Crippen molar-refractivity contribution < 1.29 is 33.3 Å². The van der Waals surface area contributed by atoms with E-state index in [0.717, 1.165) is 0 Å². The van der Waals surface area contributed by atoms with Crippen LogP contribution in [0.2, 0.25) is 5.02 Å². The van der Waals surface area contributed by atoms with E-state index in [1.807, 2.05) is 0 Å². The second-order valence-electron chi connectivity index (χ2n) is 7.49. The average molecular weight is 443 g/mol. The topological polar surface area (TPSA) is 104 Å². The summed E-state index contributed by atoms with van der Waals surface area (Å²) >= 11 is 5.87. The molecule has 1 aromatic rings. The van der Waals surface area contributed by atoms with Gasteiger partial charge >= 0.3 is 12.0 Å². The van der Waals surface area contributed by atoms with E-state index < -0.39 is 48.4 Å². The Bertz CT molecular complexity index is 758. The molecule has 2 amide bonds. The third kappa shape index (κ3) is 5.41. The molecule has 1 aromatic carbocycles. The first-order valence-corrected chi connectivity index (χ1v) is 10.1. The van der Waals surface area contributed by atoms with Crippen LogP contribution >= 0.6 is 11.6 Å². The zero-order valence-electron chi connectivity index (χ0n) is 17.3. The molecule has 2 aliphatic heterocycles. The molecule has 0 spiro atoms. The van der Waals surface area contributed by atoms with Gasteiger partial charge in [-0.15, -0.1) is 0 Å². The lowest BCUT2D eigenvalue weighted by molar-refractivity contribution is -0.220. The summed E-state index contributed by atoms with van der Waals surface area (Å²) in [5, 5.41) is 6.04. The predicted molar refractivity (Wildman–Crippen MR) is 108 cm³/mol. The van der Waals surface area contributed by atoms with Gasteiger partial charge in [0.2, 0.25) is 0 Å². The standard InChI is InChI=1S/C20H27ClN2O7/c1-5-27-14(24)10-13(23-19(25)22-12-8-6-11(21)7-9-12)15-16(26-4)17-18(28-15)30-20(2,3)29-17/h6-9,13,15-18H,5,10H2,1-4H3,(H2,22,23,25)/t13?,15-,16-,17+,18+/m0/s1. The monoisotopic (exact) mass is 442 g/mol. The molecule has 30 heavy (non-hydrogen) atoms. The summed E-state index contributed by atoms with van der Waals surface area (Å²) in [4.78, 5) is 24.7. The van der Waals surface area contributed by atoms with Crippen molar-refractivity contribution in [2.24, 2.45) is 0 Å². The molecular weight excluding hydrogens is 416 g/mol. The molecule has 0 bridgehead atoms. The highest BCUT2D eigenvalue weighted by Gasteiger charge is 2.57. The molecule has 166 valence electrons. The summed E-state index contributed by atoms with van der Waals surface area (Å²) in [7, 11) is 1.52. The fraction of sp³-hybridized carbons (Fsp3) is 0.600. The largest absolute Gasteiger partial charge is 0.466 e. The van der Waals surface area contributed by atoms with E-state index in [4.69, 9.17) is 35.3 Å². The van der Waals surface area contributed by atoms with Gasteiger partial charge in [0, 0.05) is 17.8 Å². The van der Waals surface area contributed by atoms with Crippen molar-refractivity contribution >= 4 is 29.3 Å². The van der Waals surface area contributed by atoms with Crippen LogP contribution in [-0.4, -0.2) is 62.1 Å². The summed E-state index contributed by atoms with van der Waals surface area (Å²) in [6, 6.07) is 5.41. The third-order valence-corrected chi connectivity index (χ3v) is 5.06. The van der Waals surface area contributed by atoms with E-state index in [1.165, 1.54) is 7.11 Å². The fourth-order valence-corrected chi connectivity index (χ4v) is 3.74. The average Bonchev–Trinajstić information content (AvgIpc) is 3.14. The summed E-state index contributed by atoms with van der Waals surface area (Å²) in [5.74, 6) is -1.28. The lowest BCUT2D eigenvalue weighted by Gasteiger charge is -2.30. The molecule has 2 heterocycles. The Morgan fingerprint density at radius 2 is 1.93 bits per heavy atom. The van der Waals surface area contributed by atoms with Crippen molar-refractivity contribution in [1.82, 2.24) is 5.32 Å². The van der Waals surface area contributed by atoms with Crippen molar-refractivity contribution in [3.8, 4) is 0 Å². The molecule has 1 unspecified atom stereocenters. The Hall–Kier alpha value is -1.91. The van der Waals surface area contributed by atoms with E-state index in [1.54, 1.807) is 45.0 Å². The van der Waals surface area contributed by atoms with Crippen LogP contribution in [0.15, 0.2) is 24.3 Å². The van der Waals surface area contributed by atoms with E-state index in [0.29, 0.717) is 10.7 Å². The lowest BCUT2D eigenvalue weighted by atomic mass is 10.0. The van der Waals surface area contributed by atoms with E-state index >= 15 is 0 Å². The van der Waals surface area contributed by atoms with Crippen LogP contribution in [-0.2, 0) is 28.5 Å². The van der Waals surface area contributed by atoms with Crippen LogP contribution in [0.4, 0.5) is 10.5 Å². The van der Waals surface area contributed by atoms with Crippen LogP contribution in [0.5, 0.6) is 0 Å². The number of halogens is 1. The van der Waals surface area contributed by atoms with E-state index in [9.17, 15) is 9.59 Å². The van der Waals surface area contributed by atoms with Gasteiger partial charge in [0.1, 0.15) is 18.3 Å². The molecule has 5 atom stereocenters. The van der Waals surface area contributed by atoms with Crippen molar-refractivity contribution in [3.63, 3.8) is 0 Å². The predicted octanol–water partition coefficient (Wildman–Crippen LogP) is 2.67. The minimum Gasteiger partial charge on any atom is -0.466 e. The second-order valence-corrected chi connectivity index (χ2v) is 7.93. The Labute approximate surface area is 180 Å². The van der Waals surface area contributed by atoms with Crippen molar-refractivity contribution in [1.29, 1.82) is 0 Å². The summed E-state index contributed by atoms with van der Waals surface area (Å²) in [6.07, 6.45) is -2.48. The summed E-state index contributed by atoms with van der Waals surface area (Å²) in [5.41, 5.74) is 0.549. The van der Waals surface area contributed by atoms with Gasteiger partial charge in [-0.1, -0.05) is 11.6 Å². The Kier molecular flexibility index (Phi) is 7.20. The Morgan fingerprint density at radius 3 is 2.57 bits per heavy atom. The number of carbonyl (C=O) groups is 2. The number of ether oxygens (including phenoxy) is 5. The number of esters is 1. The SMILES string of the molecule is CCOC(=O)CC(NC(=O)Nc1ccc(Cl)cc1)[C@@H]1O[C@@H]2OC(C)(C)O[C@@H]2[C@H]1OC. The maximum Gasteiger partial charge on any atom is 0.319 e. The Balaban J connectivity index is 1.72. The molecule has 0 saturated carbocycles. The van der Waals surface area contributed by atoms with Gasteiger partial charge in [-0.3, -0.25) is 4.79 Å². The van der Waals surface area contributed by atoms with Crippen molar-refractivity contribution in [2.45, 2.75) is 63.6 Å². The number of benzene rings is 1. The van der Waals surface area contributed by atoms with Gasteiger partial charge in [0.15, 0.2) is 12.1 Å². The van der Waals surface area contributed by atoms with Crippen LogP contribution in [0.1, 0.15) is 27.2 Å². The Morgan fingerprint density at radius 1 is 1.23 bits per heavy atom. The summed E-state index contributed by atoms with van der Waals surface area (Å²) in [6.45, 7) is 5.51. The highest BCUT2D eigenvalue weighted by molar-refractivity contribution is 6.30. The number of methoxy groups -OCH3 is 1. The van der Waals surface area contributed by atoms with Gasteiger partial charge in [-0.25, -0.2) is 4.79 Å². The van der Waals surface area contributed by atoms with E-state index in [-0.39, 0.29) is 13.0 Å². The minimum absolute atomic E-state index is 0.102. The molecule has 10 heteroatoms. The van der Waals surface area contributed by atoms with Gasteiger partial charge in [0.25, 0.3) is 0 Å². The summed E-state index contributed by atoms with van der Waals surface area (Å²) < 4.78 is 28.3. The number of hydrogen-bond acceptors (Lipinski definition) is 7. The molecule has 9 nitrogen and oxygen atoms in total. The molecular formula is C20H27ClN2O7. The first-order chi connectivity index (χ1) is 14.2. The first-order valence-electron chi connectivity index (χ1n) is 9.75. The van der Waals surface area contributed by atoms with Crippen molar-refractivity contribution in [2.75, 3.05) is 19.0 Å². The number of urea groups is 1. The smallest absolute Gasteiger partial charge is 0.319 e. The molecule has 0 aromatic heterocycles. The zero-order chi connectivity index (χ0) is 21.9. The fourth-order valence-electron chi connectivity index (χ4n) is 3.61. The molecule has 3 rings (SSSR count). The maximum atomic E-state index is 12.6. The number of hydrogen-bond donors (Lipinski definition) is 2. The van der Waals surface area contributed by atoms with Gasteiger partial charge < -0.3 is 34.3 Å².